The van der Waals surface area contributed by atoms with Gasteiger partial charge in [0.2, 0.25) is 0 Å². The molecule has 5 heteroatoms. The number of halogens is 2. The van der Waals surface area contributed by atoms with Crippen LogP contribution in [0.3, 0.4) is 0 Å². The van der Waals surface area contributed by atoms with Crippen LogP contribution in [0.5, 0.6) is 5.75 Å². The van der Waals surface area contributed by atoms with E-state index in [1.54, 1.807) is 43.3 Å². The van der Waals surface area contributed by atoms with Gasteiger partial charge in [-0.1, -0.05) is 41.4 Å². The van der Waals surface area contributed by atoms with E-state index in [9.17, 15) is 4.79 Å². The van der Waals surface area contributed by atoms with Crippen LogP contribution in [0.2, 0.25) is 10.0 Å². The van der Waals surface area contributed by atoms with Crippen LogP contribution in [-0.2, 0) is 16.1 Å². The standard InChI is InChI=1S/C16H14Cl2O3/c1-11(21-14-8-6-13(17)7-9-14)16(19)20-10-12-4-2-3-5-15(12)18/h2-9,11H,10H2,1H3/t11-/m0/s1. The lowest BCUT2D eigenvalue weighted by Crippen LogP contribution is -2.26. The highest BCUT2D eigenvalue weighted by Crippen LogP contribution is 2.18. The summed E-state index contributed by atoms with van der Waals surface area (Å²) in [6.45, 7) is 1.75. The monoisotopic (exact) mass is 324 g/mol. The zero-order chi connectivity index (χ0) is 15.2. The average Bonchev–Trinajstić information content (AvgIpc) is 2.48. The van der Waals surface area contributed by atoms with Crippen LogP contribution in [0.15, 0.2) is 48.5 Å². The minimum absolute atomic E-state index is 0.118. The molecule has 0 aliphatic carbocycles. The molecule has 110 valence electrons. The lowest BCUT2D eigenvalue weighted by molar-refractivity contribution is -0.152. The Labute approximate surface area is 133 Å². The molecule has 0 unspecified atom stereocenters. The first-order valence-electron chi connectivity index (χ1n) is 6.38. The summed E-state index contributed by atoms with van der Waals surface area (Å²) < 4.78 is 10.7. The molecule has 3 nitrogen and oxygen atoms in total. The third-order valence-electron chi connectivity index (χ3n) is 2.79. The first-order chi connectivity index (χ1) is 10.1. The van der Waals surface area contributed by atoms with Crippen LogP contribution in [0.1, 0.15) is 12.5 Å². The number of ether oxygens (including phenoxy) is 2. The Morgan fingerprint density at radius 2 is 1.76 bits per heavy atom. The second kappa shape index (κ2) is 7.34. The van der Waals surface area contributed by atoms with Crippen LogP contribution in [-0.4, -0.2) is 12.1 Å². The third-order valence-corrected chi connectivity index (χ3v) is 3.41. The topological polar surface area (TPSA) is 35.5 Å². The van der Waals surface area contributed by atoms with Crippen molar-refractivity contribution in [2.45, 2.75) is 19.6 Å². The van der Waals surface area contributed by atoms with Gasteiger partial charge in [-0.15, -0.1) is 0 Å². The molecule has 0 saturated heterocycles. The Bertz CT molecular complexity index is 611. The molecule has 2 aromatic carbocycles. The maximum Gasteiger partial charge on any atom is 0.347 e. The van der Waals surface area contributed by atoms with E-state index < -0.39 is 12.1 Å². The molecule has 1 atom stereocenters. The van der Waals surface area contributed by atoms with E-state index in [-0.39, 0.29) is 6.61 Å². The first-order valence-corrected chi connectivity index (χ1v) is 7.14. The second-order valence-corrected chi connectivity index (χ2v) is 5.26. The molecule has 0 radical (unpaired) electrons. The second-order valence-electron chi connectivity index (χ2n) is 4.41. The summed E-state index contributed by atoms with van der Waals surface area (Å²) in [5, 5.41) is 1.17. The minimum Gasteiger partial charge on any atom is -0.479 e. The normalized spacial score (nSPS) is 11.8. The van der Waals surface area contributed by atoms with Gasteiger partial charge in [0, 0.05) is 15.6 Å². The molecule has 0 amide bonds. The first kappa shape index (κ1) is 15.7. The van der Waals surface area contributed by atoms with Gasteiger partial charge in [-0.05, 0) is 37.3 Å². The fourth-order valence-electron chi connectivity index (χ4n) is 1.65. The highest BCUT2D eigenvalue weighted by molar-refractivity contribution is 6.31. The van der Waals surface area contributed by atoms with Gasteiger partial charge in [-0.3, -0.25) is 0 Å². The van der Waals surface area contributed by atoms with Gasteiger partial charge in [0.15, 0.2) is 6.10 Å². The van der Waals surface area contributed by atoms with Crippen LogP contribution in [0, 0.1) is 0 Å². The molecule has 0 fully saturated rings. The van der Waals surface area contributed by atoms with Crippen LogP contribution >= 0.6 is 23.2 Å². The maximum absolute atomic E-state index is 11.9. The number of hydrogen-bond acceptors (Lipinski definition) is 3. The number of benzene rings is 2. The van der Waals surface area contributed by atoms with E-state index in [0.29, 0.717) is 15.8 Å². The van der Waals surface area contributed by atoms with E-state index >= 15 is 0 Å². The quantitative estimate of drug-likeness (QED) is 0.759. The van der Waals surface area contributed by atoms with Crippen LogP contribution < -0.4 is 4.74 Å². The summed E-state index contributed by atoms with van der Waals surface area (Å²) in [6, 6.07) is 14.0. The molecule has 0 bridgehead atoms. The Hall–Kier alpha value is -1.71. The van der Waals surface area contributed by atoms with Gasteiger partial charge in [-0.25, -0.2) is 4.79 Å². The predicted octanol–water partition coefficient (Wildman–Crippen LogP) is 4.50. The third kappa shape index (κ3) is 4.66. The van der Waals surface area contributed by atoms with Crippen molar-refractivity contribution in [2.24, 2.45) is 0 Å². The molecule has 0 aliphatic rings. The lowest BCUT2D eigenvalue weighted by atomic mass is 10.2. The number of carbonyl (C=O) groups is 1. The average molecular weight is 325 g/mol. The van der Waals surface area contributed by atoms with Crippen LogP contribution in [0.4, 0.5) is 0 Å². The highest BCUT2D eigenvalue weighted by atomic mass is 35.5. The predicted molar refractivity (Wildman–Crippen MR) is 82.8 cm³/mol. The zero-order valence-electron chi connectivity index (χ0n) is 11.4. The molecular formula is C16H14Cl2O3. The summed E-state index contributed by atoms with van der Waals surface area (Å²) >= 11 is 11.8. The smallest absolute Gasteiger partial charge is 0.347 e. The van der Waals surface area contributed by atoms with Gasteiger partial charge < -0.3 is 9.47 Å². The van der Waals surface area contributed by atoms with Crippen molar-refractivity contribution < 1.29 is 14.3 Å². The fraction of sp³-hybridized carbons (Fsp3) is 0.188. The summed E-state index contributed by atoms with van der Waals surface area (Å²) in [4.78, 5) is 11.9. The molecule has 21 heavy (non-hydrogen) atoms. The molecule has 2 aromatic rings. The van der Waals surface area contributed by atoms with Crippen molar-refractivity contribution in [2.75, 3.05) is 0 Å². The number of hydrogen-bond donors (Lipinski definition) is 0. The van der Waals surface area contributed by atoms with E-state index in [4.69, 9.17) is 32.7 Å². The zero-order valence-corrected chi connectivity index (χ0v) is 12.9. The summed E-state index contributed by atoms with van der Waals surface area (Å²) in [6.07, 6.45) is -0.714. The summed E-state index contributed by atoms with van der Waals surface area (Å²) in [7, 11) is 0. The Morgan fingerprint density at radius 3 is 2.43 bits per heavy atom. The minimum atomic E-state index is -0.714. The molecule has 0 aromatic heterocycles. The van der Waals surface area contributed by atoms with Gasteiger partial charge in [-0.2, -0.15) is 0 Å². The molecule has 2 rings (SSSR count). The molecular weight excluding hydrogens is 311 g/mol. The molecule has 0 aliphatic heterocycles. The number of carbonyl (C=O) groups excluding carboxylic acids is 1. The van der Waals surface area contributed by atoms with E-state index in [2.05, 4.69) is 0 Å². The molecule has 0 saturated carbocycles. The number of rotatable bonds is 5. The van der Waals surface area contributed by atoms with Crippen molar-refractivity contribution in [1.82, 2.24) is 0 Å². The van der Waals surface area contributed by atoms with Crippen molar-refractivity contribution in [3.63, 3.8) is 0 Å². The van der Waals surface area contributed by atoms with Gasteiger partial charge in [0.1, 0.15) is 12.4 Å². The Balaban J connectivity index is 1.88. The fourth-order valence-corrected chi connectivity index (χ4v) is 1.96. The van der Waals surface area contributed by atoms with Crippen molar-refractivity contribution in [1.29, 1.82) is 0 Å². The van der Waals surface area contributed by atoms with Crippen molar-refractivity contribution >= 4 is 29.2 Å². The largest absolute Gasteiger partial charge is 0.479 e. The van der Waals surface area contributed by atoms with E-state index in [1.165, 1.54) is 0 Å². The van der Waals surface area contributed by atoms with Gasteiger partial charge in [0.05, 0.1) is 0 Å². The SMILES string of the molecule is C[C@H](Oc1ccc(Cl)cc1)C(=O)OCc1ccccc1Cl. The maximum atomic E-state index is 11.9. The van der Waals surface area contributed by atoms with Gasteiger partial charge >= 0.3 is 5.97 Å². The summed E-state index contributed by atoms with van der Waals surface area (Å²) in [5.74, 6) is 0.103. The highest BCUT2D eigenvalue weighted by Gasteiger charge is 2.16. The number of esters is 1. The van der Waals surface area contributed by atoms with Gasteiger partial charge in [0.25, 0.3) is 0 Å². The van der Waals surface area contributed by atoms with Crippen molar-refractivity contribution in [3.8, 4) is 5.75 Å². The molecule has 0 heterocycles. The Kier molecular flexibility index (Phi) is 5.48. The van der Waals surface area contributed by atoms with Crippen molar-refractivity contribution in [3.05, 3.63) is 64.1 Å². The van der Waals surface area contributed by atoms with E-state index in [1.807, 2.05) is 12.1 Å². The molecule has 0 N–H and O–H groups in total. The van der Waals surface area contributed by atoms with E-state index in [0.717, 1.165) is 5.56 Å². The molecule has 0 spiro atoms. The Morgan fingerprint density at radius 1 is 1.10 bits per heavy atom. The lowest BCUT2D eigenvalue weighted by Gasteiger charge is -2.14. The summed E-state index contributed by atoms with van der Waals surface area (Å²) in [5.41, 5.74) is 0.756. The van der Waals surface area contributed by atoms with Crippen LogP contribution in [0.25, 0.3) is 0 Å².